The maximum atomic E-state index is 2.44. The maximum Gasteiger partial charge on any atom is -0.0146 e. The molecule has 0 amide bonds. The third-order valence-corrected chi connectivity index (χ3v) is 6.20. The summed E-state index contributed by atoms with van der Waals surface area (Å²) in [4.78, 5) is 0. The van der Waals surface area contributed by atoms with Gasteiger partial charge >= 0.3 is 0 Å². The average molecular weight is 336 g/mol. The molecule has 1 aliphatic carbocycles. The number of benzene rings is 4. The van der Waals surface area contributed by atoms with E-state index in [1.54, 1.807) is 22.3 Å². The highest BCUT2D eigenvalue weighted by Crippen LogP contribution is 2.34. The molecule has 0 radical (unpaired) electrons. The van der Waals surface area contributed by atoms with E-state index < -0.39 is 0 Å². The molecule has 0 heterocycles. The highest BCUT2D eigenvalue weighted by molar-refractivity contribution is 5.91. The van der Waals surface area contributed by atoms with E-state index in [1.807, 2.05) is 0 Å². The van der Waals surface area contributed by atoms with Gasteiger partial charge in [-0.25, -0.2) is 0 Å². The molecule has 0 nitrogen and oxygen atoms in total. The third-order valence-electron chi connectivity index (χ3n) is 6.20. The molecule has 0 saturated heterocycles. The van der Waals surface area contributed by atoms with Crippen molar-refractivity contribution >= 4 is 21.5 Å². The van der Waals surface area contributed by atoms with Crippen molar-refractivity contribution in [3.05, 3.63) is 94.0 Å². The number of rotatable bonds is 0. The van der Waals surface area contributed by atoms with E-state index in [4.69, 9.17) is 0 Å². The topological polar surface area (TPSA) is 0 Å². The molecule has 4 aromatic carbocycles. The largest absolute Gasteiger partial charge is 0.0616 e. The van der Waals surface area contributed by atoms with Crippen LogP contribution in [0.25, 0.3) is 21.5 Å². The van der Waals surface area contributed by atoms with Crippen LogP contribution >= 0.6 is 0 Å². The van der Waals surface area contributed by atoms with Crippen LogP contribution in [-0.2, 0) is 25.7 Å². The first-order chi connectivity index (χ1) is 12.7. The van der Waals surface area contributed by atoms with E-state index >= 15 is 0 Å². The summed E-state index contributed by atoms with van der Waals surface area (Å²) >= 11 is 0. The molecule has 0 aliphatic heterocycles. The lowest BCUT2D eigenvalue weighted by atomic mass is 9.83. The SMILES string of the molecule is Cc1cc2c(c3ccccc13)CCc1cc(C)c3ccccc3c1CC2. The molecular formula is C26H24. The number of aryl methyl sites for hydroxylation is 6. The summed E-state index contributed by atoms with van der Waals surface area (Å²) in [7, 11) is 0. The normalized spacial score (nSPS) is 13.9. The minimum Gasteiger partial charge on any atom is -0.0616 e. The fourth-order valence-electron chi connectivity index (χ4n) is 4.93. The molecule has 0 N–H and O–H groups in total. The lowest BCUT2D eigenvalue weighted by Crippen LogP contribution is -2.09. The predicted octanol–water partition coefficient (Wildman–Crippen LogP) is 6.49. The molecule has 0 spiro atoms. The van der Waals surface area contributed by atoms with Crippen LogP contribution in [0.4, 0.5) is 0 Å². The van der Waals surface area contributed by atoms with Gasteiger partial charge in [0, 0.05) is 0 Å². The van der Waals surface area contributed by atoms with E-state index in [0.29, 0.717) is 0 Å². The number of hydrogen-bond donors (Lipinski definition) is 0. The molecule has 0 unspecified atom stereocenters. The van der Waals surface area contributed by atoms with E-state index in [0.717, 1.165) is 25.7 Å². The van der Waals surface area contributed by atoms with Gasteiger partial charge in [0.1, 0.15) is 0 Å². The number of hydrogen-bond acceptors (Lipinski definition) is 0. The lowest BCUT2D eigenvalue weighted by Gasteiger charge is -2.22. The molecule has 0 heteroatoms. The summed E-state index contributed by atoms with van der Waals surface area (Å²) in [6.07, 6.45) is 4.56. The molecule has 26 heavy (non-hydrogen) atoms. The zero-order valence-corrected chi connectivity index (χ0v) is 15.6. The molecule has 0 fully saturated rings. The monoisotopic (exact) mass is 336 g/mol. The van der Waals surface area contributed by atoms with Gasteiger partial charge in [-0.2, -0.15) is 0 Å². The first-order valence-corrected chi connectivity index (χ1v) is 9.72. The summed E-state index contributed by atoms with van der Waals surface area (Å²) in [6.45, 7) is 4.52. The zero-order valence-electron chi connectivity index (χ0n) is 15.6. The van der Waals surface area contributed by atoms with E-state index in [1.165, 1.54) is 32.7 Å². The minimum atomic E-state index is 1.14. The van der Waals surface area contributed by atoms with Gasteiger partial charge in [0.25, 0.3) is 0 Å². The van der Waals surface area contributed by atoms with Crippen molar-refractivity contribution in [2.75, 3.05) is 0 Å². The molecule has 128 valence electrons. The van der Waals surface area contributed by atoms with Crippen molar-refractivity contribution in [1.29, 1.82) is 0 Å². The second-order valence-electron chi connectivity index (χ2n) is 7.75. The van der Waals surface area contributed by atoms with Gasteiger partial charge in [0.2, 0.25) is 0 Å². The quantitative estimate of drug-likeness (QED) is 0.344. The zero-order chi connectivity index (χ0) is 17.7. The fraction of sp³-hybridized carbons (Fsp3) is 0.231. The van der Waals surface area contributed by atoms with Crippen LogP contribution in [0, 0.1) is 13.8 Å². The molecule has 4 aromatic rings. The summed E-state index contributed by atoms with van der Waals surface area (Å²) < 4.78 is 0. The van der Waals surface area contributed by atoms with Gasteiger partial charge in [0.05, 0.1) is 0 Å². The number of fused-ring (bicyclic) bond motifs is 6. The van der Waals surface area contributed by atoms with Crippen molar-refractivity contribution in [3.63, 3.8) is 0 Å². The molecule has 5 rings (SSSR count). The van der Waals surface area contributed by atoms with E-state index in [-0.39, 0.29) is 0 Å². The van der Waals surface area contributed by atoms with Crippen LogP contribution < -0.4 is 0 Å². The highest BCUT2D eigenvalue weighted by atomic mass is 14.2. The Morgan fingerprint density at radius 2 is 0.885 bits per heavy atom. The molecule has 0 atom stereocenters. The summed E-state index contributed by atoms with van der Waals surface area (Å²) in [6, 6.07) is 22.8. The standard InChI is InChI=1S/C26H24/c1-17-15-19-11-13-24-20(16-18(2)22-8-4-6-10-26(22)24)12-14-23(19)25-9-5-3-7-21(17)25/h3-10,15-16H,11-14H2,1-2H3. The lowest BCUT2D eigenvalue weighted by molar-refractivity contribution is 0.850. The Balaban J connectivity index is 1.69. The van der Waals surface area contributed by atoms with E-state index in [2.05, 4.69) is 74.5 Å². The Morgan fingerprint density at radius 3 is 1.31 bits per heavy atom. The summed E-state index contributed by atoms with van der Waals surface area (Å²) in [5, 5.41) is 5.76. The second-order valence-corrected chi connectivity index (χ2v) is 7.75. The third kappa shape index (κ3) is 2.36. The van der Waals surface area contributed by atoms with Crippen molar-refractivity contribution < 1.29 is 0 Å². The maximum absolute atomic E-state index is 2.44. The highest BCUT2D eigenvalue weighted by Gasteiger charge is 2.17. The molecule has 0 aromatic heterocycles. The van der Waals surface area contributed by atoms with Crippen LogP contribution in [0.5, 0.6) is 0 Å². The smallest absolute Gasteiger partial charge is 0.0146 e. The molecular weight excluding hydrogens is 312 g/mol. The van der Waals surface area contributed by atoms with Crippen molar-refractivity contribution in [3.8, 4) is 0 Å². The fourth-order valence-corrected chi connectivity index (χ4v) is 4.93. The second kappa shape index (κ2) is 5.99. The van der Waals surface area contributed by atoms with Gasteiger partial charge in [-0.15, -0.1) is 0 Å². The Hall–Kier alpha value is -2.60. The van der Waals surface area contributed by atoms with Crippen LogP contribution in [0.2, 0.25) is 0 Å². The van der Waals surface area contributed by atoms with Crippen LogP contribution in [0.1, 0.15) is 33.4 Å². The van der Waals surface area contributed by atoms with Gasteiger partial charge < -0.3 is 0 Å². The van der Waals surface area contributed by atoms with Crippen molar-refractivity contribution in [2.45, 2.75) is 39.5 Å². The van der Waals surface area contributed by atoms with Crippen molar-refractivity contribution in [2.24, 2.45) is 0 Å². The van der Waals surface area contributed by atoms with Crippen LogP contribution in [0.3, 0.4) is 0 Å². The first kappa shape index (κ1) is 15.6. The Bertz CT molecular complexity index is 1050. The summed E-state index contributed by atoms with van der Waals surface area (Å²) in [5.41, 5.74) is 9.07. The molecule has 1 aliphatic rings. The van der Waals surface area contributed by atoms with Gasteiger partial charge in [-0.3, -0.25) is 0 Å². The van der Waals surface area contributed by atoms with Gasteiger partial charge in [0.15, 0.2) is 0 Å². The van der Waals surface area contributed by atoms with Crippen molar-refractivity contribution in [1.82, 2.24) is 0 Å². The van der Waals surface area contributed by atoms with Gasteiger partial charge in [-0.05, 0) is 94.5 Å². The average Bonchev–Trinajstić information content (AvgIpc) is 2.65. The molecule has 0 bridgehead atoms. The van der Waals surface area contributed by atoms with Crippen LogP contribution in [0.15, 0.2) is 60.7 Å². The minimum absolute atomic E-state index is 1.14. The van der Waals surface area contributed by atoms with Gasteiger partial charge in [-0.1, -0.05) is 60.7 Å². The van der Waals surface area contributed by atoms with Crippen LogP contribution in [-0.4, -0.2) is 0 Å². The Labute approximate surface area is 155 Å². The Morgan fingerprint density at radius 1 is 0.500 bits per heavy atom. The Kier molecular flexibility index (Phi) is 3.60. The predicted molar refractivity (Wildman–Crippen MR) is 112 cm³/mol. The molecule has 0 saturated carbocycles. The first-order valence-electron chi connectivity index (χ1n) is 9.72. The summed E-state index contributed by atoms with van der Waals surface area (Å²) in [5.74, 6) is 0. The van der Waals surface area contributed by atoms with E-state index in [9.17, 15) is 0 Å².